The lowest BCUT2D eigenvalue weighted by atomic mass is 10.1. The van der Waals surface area contributed by atoms with E-state index in [2.05, 4.69) is 24.0 Å². The maximum Gasteiger partial charge on any atom is 0.0657 e. The molecule has 1 unspecified atom stereocenters. The predicted octanol–water partition coefficient (Wildman–Crippen LogP) is 2.15. The second kappa shape index (κ2) is 6.35. The molecule has 0 aliphatic carbocycles. The highest BCUT2D eigenvalue weighted by Crippen LogP contribution is 2.11. The fourth-order valence-electron chi connectivity index (χ4n) is 1.35. The van der Waals surface area contributed by atoms with Crippen LogP contribution in [-0.4, -0.2) is 20.3 Å². The van der Waals surface area contributed by atoms with Crippen LogP contribution < -0.4 is 5.32 Å². The standard InChI is InChI=1S/C12H17NO/c1-3-9-13-12(10-14-2)11-7-5-4-6-8-11/h3-8,12-13H,1,9-10H2,2H3. The van der Waals surface area contributed by atoms with Crippen molar-refractivity contribution in [1.29, 1.82) is 0 Å². The molecule has 0 bridgehead atoms. The van der Waals surface area contributed by atoms with Gasteiger partial charge in [0.15, 0.2) is 0 Å². The summed E-state index contributed by atoms with van der Waals surface area (Å²) in [5.74, 6) is 0. The number of benzene rings is 1. The summed E-state index contributed by atoms with van der Waals surface area (Å²) in [6, 6.07) is 10.5. The Balaban J connectivity index is 2.62. The molecule has 1 N–H and O–H groups in total. The van der Waals surface area contributed by atoms with E-state index < -0.39 is 0 Å². The molecule has 2 nitrogen and oxygen atoms in total. The third-order valence-corrected chi connectivity index (χ3v) is 2.04. The smallest absolute Gasteiger partial charge is 0.0657 e. The van der Waals surface area contributed by atoms with E-state index in [9.17, 15) is 0 Å². The van der Waals surface area contributed by atoms with Crippen molar-refractivity contribution in [3.8, 4) is 0 Å². The summed E-state index contributed by atoms with van der Waals surface area (Å²) < 4.78 is 5.16. The van der Waals surface area contributed by atoms with Gasteiger partial charge in [-0.25, -0.2) is 0 Å². The Morgan fingerprint density at radius 1 is 1.43 bits per heavy atom. The maximum absolute atomic E-state index is 5.16. The van der Waals surface area contributed by atoms with E-state index in [0.29, 0.717) is 6.61 Å². The zero-order valence-electron chi connectivity index (χ0n) is 8.57. The van der Waals surface area contributed by atoms with Gasteiger partial charge in [0.25, 0.3) is 0 Å². The molecule has 1 aromatic rings. The van der Waals surface area contributed by atoms with Crippen LogP contribution in [0.15, 0.2) is 43.0 Å². The third kappa shape index (κ3) is 3.32. The molecule has 0 fully saturated rings. The zero-order chi connectivity index (χ0) is 10.2. The molecule has 76 valence electrons. The van der Waals surface area contributed by atoms with Crippen LogP contribution in [0.2, 0.25) is 0 Å². The fraction of sp³-hybridized carbons (Fsp3) is 0.333. The Labute approximate surface area is 85.6 Å². The Kier molecular flexibility index (Phi) is 4.97. The van der Waals surface area contributed by atoms with E-state index in [1.807, 2.05) is 24.3 Å². The maximum atomic E-state index is 5.16. The van der Waals surface area contributed by atoms with Crippen molar-refractivity contribution in [3.05, 3.63) is 48.6 Å². The molecular weight excluding hydrogens is 174 g/mol. The monoisotopic (exact) mass is 191 g/mol. The van der Waals surface area contributed by atoms with Crippen LogP contribution in [0.5, 0.6) is 0 Å². The summed E-state index contributed by atoms with van der Waals surface area (Å²) in [6.07, 6.45) is 1.85. The van der Waals surface area contributed by atoms with Crippen molar-refractivity contribution in [3.63, 3.8) is 0 Å². The average Bonchev–Trinajstić information content (AvgIpc) is 2.25. The van der Waals surface area contributed by atoms with Crippen molar-refractivity contribution >= 4 is 0 Å². The molecule has 0 amide bonds. The first-order chi connectivity index (χ1) is 6.88. The Hall–Kier alpha value is -1.12. The van der Waals surface area contributed by atoms with E-state index in [-0.39, 0.29) is 6.04 Å². The first-order valence-electron chi connectivity index (χ1n) is 4.76. The van der Waals surface area contributed by atoms with E-state index >= 15 is 0 Å². The van der Waals surface area contributed by atoms with Crippen LogP contribution in [0, 0.1) is 0 Å². The molecule has 0 spiro atoms. The normalized spacial score (nSPS) is 12.4. The lowest BCUT2D eigenvalue weighted by Crippen LogP contribution is -2.25. The molecule has 0 saturated heterocycles. The summed E-state index contributed by atoms with van der Waals surface area (Å²) in [4.78, 5) is 0. The van der Waals surface area contributed by atoms with Gasteiger partial charge in [0, 0.05) is 13.7 Å². The van der Waals surface area contributed by atoms with Crippen molar-refractivity contribution in [1.82, 2.24) is 5.32 Å². The van der Waals surface area contributed by atoms with Gasteiger partial charge >= 0.3 is 0 Å². The number of ether oxygens (including phenoxy) is 1. The number of hydrogen-bond acceptors (Lipinski definition) is 2. The highest BCUT2D eigenvalue weighted by atomic mass is 16.5. The van der Waals surface area contributed by atoms with Crippen molar-refractivity contribution < 1.29 is 4.74 Å². The Bertz CT molecular complexity index is 258. The summed E-state index contributed by atoms with van der Waals surface area (Å²) in [6.45, 7) is 5.16. The highest BCUT2D eigenvalue weighted by molar-refractivity contribution is 5.19. The van der Waals surface area contributed by atoms with E-state index in [0.717, 1.165) is 6.54 Å². The first kappa shape index (κ1) is 11.0. The molecule has 0 aliphatic rings. The van der Waals surface area contributed by atoms with Crippen LogP contribution >= 0.6 is 0 Å². The Morgan fingerprint density at radius 2 is 2.14 bits per heavy atom. The number of hydrogen-bond donors (Lipinski definition) is 1. The predicted molar refractivity (Wildman–Crippen MR) is 59.3 cm³/mol. The fourth-order valence-corrected chi connectivity index (χ4v) is 1.35. The highest BCUT2D eigenvalue weighted by Gasteiger charge is 2.08. The molecule has 0 aliphatic heterocycles. The van der Waals surface area contributed by atoms with E-state index in [4.69, 9.17) is 4.74 Å². The number of nitrogens with one attached hydrogen (secondary N) is 1. The third-order valence-electron chi connectivity index (χ3n) is 2.04. The molecule has 0 saturated carbocycles. The molecular formula is C12H17NO. The first-order valence-corrected chi connectivity index (χ1v) is 4.76. The summed E-state index contributed by atoms with van der Waals surface area (Å²) in [5.41, 5.74) is 1.25. The molecule has 1 atom stereocenters. The topological polar surface area (TPSA) is 21.3 Å². The van der Waals surface area contributed by atoms with Crippen LogP contribution in [-0.2, 0) is 4.74 Å². The van der Waals surface area contributed by atoms with Gasteiger partial charge in [0.05, 0.1) is 12.6 Å². The summed E-state index contributed by atoms with van der Waals surface area (Å²) in [7, 11) is 1.71. The van der Waals surface area contributed by atoms with Crippen LogP contribution in [0.25, 0.3) is 0 Å². The van der Waals surface area contributed by atoms with E-state index in [1.54, 1.807) is 7.11 Å². The molecule has 1 aromatic carbocycles. The lowest BCUT2D eigenvalue weighted by molar-refractivity contribution is 0.168. The van der Waals surface area contributed by atoms with Gasteiger partial charge in [-0.05, 0) is 5.56 Å². The molecule has 0 heterocycles. The number of rotatable bonds is 6. The van der Waals surface area contributed by atoms with Crippen molar-refractivity contribution in [2.24, 2.45) is 0 Å². The van der Waals surface area contributed by atoms with Crippen LogP contribution in [0.1, 0.15) is 11.6 Å². The second-order valence-electron chi connectivity index (χ2n) is 3.12. The minimum absolute atomic E-state index is 0.249. The second-order valence-corrected chi connectivity index (χ2v) is 3.12. The Morgan fingerprint density at radius 3 is 2.71 bits per heavy atom. The van der Waals surface area contributed by atoms with E-state index in [1.165, 1.54) is 5.56 Å². The van der Waals surface area contributed by atoms with Gasteiger partial charge in [-0.1, -0.05) is 36.4 Å². The minimum atomic E-state index is 0.249. The van der Waals surface area contributed by atoms with Gasteiger partial charge in [0.2, 0.25) is 0 Å². The summed E-state index contributed by atoms with van der Waals surface area (Å²) in [5, 5.41) is 3.34. The molecule has 14 heavy (non-hydrogen) atoms. The van der Waals surface area contributed by atoms with Crippen LogP contribution in [0.4, 0.5) is 0 Å². The summed E-state index contributed by atoms with van der Waals surface area (Å²) >= 11 is 0. The van der Waals surface area contributed by atoms with Crippen molar-refractivity contribution in [2.75, 3.05) is 20.3 Å². The van der Waals surface area contributed by atoms with Gasteiger partial charge in [-0.15, -0.1) is 6.58 Å². The molecule has 2 heteroatoms. The largest absolute Gasteiger partial charge is 0.383 e. The molecule has 0 radical (unpaired) electrons. The quantitative estimate of drug-likeness (QED) is 0.696. The lowest BCUT2D eigenvalue weighted by Gasteiger charge is -2.17. The van der Waals surface area contributed by atoms with Gasteiger partial charge in [-0.3, -0.25) is 0 Å². The van der Waals surface area contributed by atoms with Crippen LogP contribution in [0.3, 0.4) is 0 Å². The number of methoxy groups -OCH3 is 1. The van der Waals surface area contributed by atoms with Gasteiger partial charge in [-0.2, -0.15) is 0 Å². The van der Waals surface area contributed by atoms with Crippen molar-refractivity contribution in [2.45, 2.75) is 6.04 Å². The molecule has 0 aromatic heterocycles. The minimum Gasteiger partial charge on any atom is -0.383 e. The average molecular weight is 191 g/mol. The zero-order valence-corrected chi connectivity index (χ0v) is 8.57. The van der Waals surface area contributed by atoms with Gasteiger partial charge < -0.3 is 10.1 Å². The SMILES string of the molecule is C=CCNC(COC)c1ccccc1. The van der Waals surface area contributed by atoms with Gasteiger partial charge in [0.1, 0.15) is 0 Å². The molecule has 1 rings (SSSR count).